The maximum Gasteiger partial charge on any atom is 0.261 e. The number of carbonyl (C=O) groups excluding carboxylic acids is 1. The van der Waals surface area contributed by atoms with Crippen LogP contribution in [0.3, 0.4) is 0 Å². The number of amides is 1. The predicted octanol–water partition coefficient (Wildman–Crippen LogP) is 1.28. The van der Waals surface area contributed by atoms with Crippen molar-refractivity contribution < 1.29 is 21.6 Å². The normalized spacial score (nSPS) is 14.0. The molecule has 138 valence electrons. The molecule has 1 aliphatic rings. The van der Waals surface area contributed by atoms with Crippen LogP contribution in [0.5, 0.6) is 0 Å². The van der Waals surface area contributed by atoms with Crippen LogP contribution in [0.1, 0.15) is 12.5 Å². The predicted molar refractivity (Wildman–Crippen MR) is 96.9 cm³/mol. The zero-order valence-corrected chi connectivity index (χ0v) is 15.4. The molecular formula is C16H17N3O5S2. The molecule has 8 nitrogen and oxygen atoms in total. The van der Waals surface area contributed by atoms with Crippen molar-refractivity contribution in [2.24, 2.45) is 0 Å². The first-order chi connectivity index (χ1) is 12.2. The van der Waals surface area contributed by atoms with E-state index in [4.69, 9.17) is 0 Å². The van der Waals surface area contributed by atoms with Crippen LogP contribution in [0.25, 0.3) is 0 Å². The molecule has 0 radical (unpaired) electrons. The number of fused-ring (bicyclic) bond motifs is 1. The van der Waals surface area contributed by atoms with Gasteiger partial charge < -0.3 is 5.32 Å². The molecule has 0 unspecified atom stereocenters. The van der Waals surface area contributed by atoms with E-state index < -0.39 is 20.0 Å². The van der Waals surface area contributed by atoms with E-state index >= 15 is 0 Å². The first-order valence-electron chi connectivity index (χ1n) is 7.76. The van der Waals surface area contributed by atoms with Gasteiger partial charge in [0.05, 0.1) is 16.2 Å². The van der Waals surface area contributed by atoms with Gasteiger partial charge >= 0.3 is 0 Å². The van der Waals surface area contributed by atoms with Gasteiger partial charge in [0.15, 0.2) is 0 Å². The maximum atomic E-state index is 12.5. The quantitative estimate of drug-likeness (QED) is 0.680. The van der Waals surface area contributed by atoms with E-state index in [9.17, 15) is 21.6 Å². The second-order valence-electron chi connectivity index (χ2n) is 5.68. The second kappa shape index (κ2) is 6.71. The van der Waals surface area contributed by atoms with Crippen LogP contribution in [-0.2, 0) is 31.3 Å². The Balaban J connectivity index is 1.82. The second-order valence-corrected chi connectivity index (χ2v) is 9.12. The van der Waals surface area contributed by atoms with Gasteiger partial charge in [-0.25, -0.2) is 21.6 Å². The number of hydrogen-bond donors (Lipinski definition) is 3. The fraction of sp³-hybridized carbons (Fsp3) is 0.188. The Morgan fingerprint density at radius 3 is 2.27 bits per heavy atom. The Morgan fingerprint density at radius 2 is 1.62 bits per heavy atom. The number of carbonyl (C=O) groups is 1. The van der Waals surface area contributed by atoms with Crippen molar-refractivity contribution >= 4 is 37.3 Å². The number of sulfonamides is 2. The zero-order valence-electron chi connectivity index (χ0n) is 13.8. The van der Waals surface area contributed by atoms with Gasteiger partial charge in [-0.1, -0.05) is 6.92 Å². The minimum Gasteiger partial charge on any atom is -0.326 e. The molecule has 2 aromatic rings. The van der Waals surface area contributed by atoms with Crippen molar-refractivity contribution in [1.82, 2.24) is 4.72 Å². The summed E-state index contributed by atoms with van der Waals surface area (Å²) in [6.07, 6.45) is 0.135. The fourth-order valence-electron chi connectivity index (χ4n) is 2.56. The maximum absolute atomic E-state index is 12.5. The van der Waals surface area contributed by atoms with E-state index in [-0.39, 0.29) is 34.4 Å². The highest BCUT2D eigenvalue weighted by Gasteiger charge is 2.22. The first-order valence-corrected chi connectivity index (χ1v) is 10.7. The molecule has 0 aromatic heterocycles. The first kappa shape index (κ1) is 18.4. The summed E-state index contributed by atoms with van der Waals surface area (Å²) < 4.78 is 53.6. The summed E-state index contributed by atoms with van der Waals surface area (Å²) in [6, 6.07) is 9.78. The van der Waals surface area contributed by atoms with Crippen LogP contribution >= 0.6 is 0 Å². The Hall–Kier alpha value is -2.43. The average Bonchev–Trinajstić information content (AvgIpc) is 2.94. The third-order valence-electron chi connectivity index (χ3n) is 3.76. The minimum atomic E-state index is -3.87. The molecule has 0 spiro atoms. The highest BCUT2D eigenvalue weighted by molar-refractivity contribution is 7.92. The molecule has 0 fully saturated rings. The van der Waals surface area contributed by atoms with Crippen molar-refractivity contribution in [3.05, 3.63) is 48.0 Å². The van der Waals surface area contributed by atoms with Crippen molar-refractivity contribution in [2.75, 3.05) is 16.6 Å². The summed E-state index contributed by atoms with van der Waals surface area (Å²) in [7, 11) is -7.47. The van der Waals surface area contributed by atoms with Gasteiger partial charge in [-0.2, -0.15) is 0 Å². The van der Waals surface area contributed by atoms with Crippen LogP contribution < -0.4 is 14.8 Å². The standard InChI is InChI=1S/C16H17N3O5S2/c1-2-17-25(21,22)13-5-3-12(4-6-13)19-26(23,24)14-7-8-15-11(9-14)10-16(20)18-15/h3-9,17,19H,2,10H2,1H3,(H,18,20). The zero-order chi connectivity index (χ0) is 18.9. The molecule has 1 aliphatic heterocycles. The molecular weight excluding hydrogens is 378 g/mol. The van der Waals surface area contributed by atoms with E-state index in [1.165, 1.54) is 36.4 Å². The number of benzene rings is 2. The van der Waals surface area contributed by atoms with Crippen molar-refractivity contribution in [2.45, 2.75) is 23.1 Å². The summed E-state index contributed by atoms with van der Waals surface area (Å²) >= 11 is 0. The molecule has 0 atom stereocenters. The largest absolute Gasteiger partial charge is 0.326 e. The molecule has 1 heterocycles. The lowest BCUT2D eigenvalue weighted by molar-refractivity contribution is -0.115. The summed E-state index contributed by atoms with van der Waals surface area (Å²) in [5.41, 5.74) is 1.45. The Labute approximate surface area is 151 Å². The van der Waals surface area contributed by atoms with E-state index in [0.29, 0.717) is 11.3 Å². The summed E-state index contributed by atoms with van der Waals surface area (Å²) in [4.78, 5) is 11.5. The van der Waals surface area contributed by atoms with E-state index in [1.807, 2.05) is 0 Å². The van der Waals surface area contributed by atoms with Crippen molar-refractivity contribution in [1.29, 1.82) is 0 Å². The number of nitrogens with one attached hydrogen (secondary N) is 3. The Morgan fingerprint density at radius 1 is 0.962 bits per heavy atom. The van der Waals surface area contributed by atoms with E-state index in [2.05, 4.69) is 14.8 Å². The number of rotatable bonds is 6. The third-order valence-corrected chi connectivity index (χ3v) is 6.70. The highest BCUT2D eigenvalue weighted by Crippen LogP contribution is 2.27. The van der Waals surface area contributed by atoms with Gasteiger partial charge in [-0.05, 0) is 48.0 Å². The monoisotopic (exact) mass is 395 g/mol. The van der Waals surface area contributed by atoms with Gasteiger partial charge in [0.1, 0.15) is 0 Å². The lowest BCUT2D eigenvalue weighted by Crippen LogP contribution is -2.23. The Bertz CT molecular complexity index is 1060. The van der Waals surface area contributed by atoms with E-state index in [0.717, 1.165) is 0 Å². The molecule has 2 aromatic carbocycles. The summed E-state index contributed by atoms with van der Waals surface area (Å²) in [5.74, 6) is -0.181. The van der Waals surface area contributed by atoms with Gasteiger partial charge in [-0.3, -0.25) is 9.52 Å². The smallest absolute Gasteiger partial charge is 0.261 e. The molecule has 0 bridgehead atoms. The van der Waals surface area contributed by atoms with Crippen LogP contribution in [0.2, 0.25) is 0 Å². The summed E-state index contributed by atoms with van der Waals surface area (Å²) in [6.45, 7) is 1.92. The van der Waals surface area contributed by atoms with Gasteiger partial charge in [-0.15, -0.1) is 0 Å². The van der Waals surface area contributed by atoms with Crippen LogP contribution in [0, 0.1) is 0 Å². The Kier molecular flexibility index (Phi) is 4.74. The lowest BCUT2D eigenvalue weighted by Gasteiger charge is -2.10. The molecule has 0 saturated carbocycles. The average molecular weight is 395 g/mol. The lowest BCUT2D eigenvalue weighted by atomic mass is 10.2. The molecule has 1 amide bonds. The highest BCUT2D eigenvalue weighted by atomic mass is 32.2. The van der Waals surface area contributed by atoms with Crippen LogP contribution in [0.4, 0.5) is 11.4 Å². The molecule has 0 aliphatic carbocycles. The molecule has 26 heavy (non-hydrogen) atoms. The van der Waals surface area contributed by atoms with Crippen LogP contribution in [-0.4, -0.2) is 29.3 Å². The molecule has 3 N–H and O–H groups in total. The molecule has 10 heteroatoms. The SMILES string of the molecule is CCNS(=O)(=O)c1ccc(NS(=O)(=O)c2ccc3c(c2)CC(=O)N3)cc1. The van der Waals surface area contributed by atoms with Gasteiger partial charge in [0.25, 0.3) is 10.0 Å². The number of anilines is 2. The summed E-state index contributed by atoms with van der Waals surface area (Å²) in [5, 5.41) is 2.64. The van der Waals surface area contributed by atoms with Crippen LogP contribution in [0.15, 0.2) is 52.3 Å². The van der Waals surface area contributed by atoms with Crippen molar-refractivity contribution in [3.8, 4) is 0 Å². The van der Waals surface area contributed by atoms with Gasteiger partial charge in [0.2, 0.25) is 15.9 Å². The minimum absolute atomic E-state index is 0.0251. The topological polar surface area (TPSA) is 121 Å². The molecule has 0 saturated heterocycles. The van der Waals surface area contributed by atoms with Gasteiger partial charge in [0, 0.05) is 17.9 Å². The van der Waals surface area contributed by atoms with Crippen molar-refractivity contribution in [3.63, 3.8) is 0 Å². The third kappa shape index (κ3) is 3.71. The fourth-order valence-corrected chi connectivity index (χ4v) is 4.71. The van der Waals surface area contributed by atoms with E-state index in [1.54, 1.807) is 13.0 Å². The number of hydrogen-bond acceptors (Lipinski definition) is 5. The molecule has 3 rings (SSSR count).